The minimum atomic E-state index is -0.966. The summed E-state index contributed by atoms with van der Waals surface area (Å²) in [6.07, 6.45) is -1.05. The Morgan fingerprint density at radius 3 is 2.07 bits per heavy atom. The molecule has 30 heavy (non-hydrogen) atoms. The molecule has 1 N–H and O–H groups in total. The number of hydrogen-bond donors (Lipinski definition) is 1. The van der Waals surface area contributed by atoms with Gasteiger partial charge in [-0.2, -0.15) is 0 Å². The number of Topliss-reactive ketones (excluding diaryl/α,β-unsaturated/α-hetero) is 1. The third-order valence-electron chi connectivity index (χ3n) is 5.01. The van der Waals surface area contributed by atoms with Crippen LogP contribution in [0.25, 0.3) is 0 Å². The van der Waals surface area contributed by atoms with Crippen molar-refractivity contribution in [3.05, 3.63) is 70.8 Å². The lowest BCUT2D eigenvalue weighted by molar-refractivity contribution is -0.151. The molecule has 0 bridgehead atoms. The maximum atomic E-state index is 12.5. The highest BCUT2D eigenvalue weighted by Gasteiger charge is 2.37. The zero-order chi connectivity index (χ0) is 21.8. The second-order valence-corrected chi connectivity index (χ2v) is 7.52. The van der Waals surface area contributed by atoms with Gasteiger partial charge in [0.15, 0.2) is 6.10 Å². The fourth-order valence-electron chi connectivity index (χ4n) is 3.14. The summed E-state index contributed by atoms with van der Waals surface area (Å²) < 4.78 is 5.30. The molecule has 2 aromatic rings. The molecule has 7 heteroatoms. The van der Waals surface area contributed by atoms with Crippen molar-refractivity contribution in [2.75, 3.05) is 6.54 Å². The Bertz CT molecular complexity index is 966. The molecule has 1 saturated heterocycles. The second-order valence-electron chi connectivity index (χ2n) is 7.52. The van der Waals surface area contributed by atoms with Crippen molar-refractivity contribution < 1.29 is 23.9 Å². The number of ketones is 1. The van der Waals surface area contributed by atoms with Gasteiger partial charge in [-0.1, -0.05) is 47.5 Å². The number of hydrazine groups is 1. The van der Waals surface area contributed by atoms with E-state index in [0.29, 0.717) is 11.1 Å². The summed E-state index contributed by atoms with van der Waals surface area (Å²) in [6.45, 7) is 5.33. The summed E-state index contributed by atoms with van der Waals surface area (Å²) in [7, 11) is 0. The van der Waals surface area contributed by atoms with E-state index in [1.807, 2.05) is 26.0 Å². The van der Waals surface area contributed by atoms with Gasteiger partial charge in [-0.15, -0.1) is 0 Å². The Hall–Kier alpha value is -3.48. The van der Waals surface area contributed by atoms with Crippen LogP contribution in [0.15, 0.2) is 48.5 Å². The Labute approximate surface area is 175 Å². The van der Waals surface area contributed by atoms with Crippen LogP contribution in [0.2, 0.25) is 0 Å². The lowest BCUT2D eigenvalue weighted by Gasteiger charge is -2.18. The highest BCUT2D eigenvalue weighted by molar-refractivity contribution is 6.00. The molecule has 2 aromatic carbocycles. The van der Waals surface area contributed by atoms with Gasteiger partial charge in [0.05, 0.1) is 12.5 Å². The largest absolute Gasteiger partial charge is 0.454 e. The molecule has 1 heterocycles. The van der Waals surface area contributed by atoms with Crippen molar-refractivity contribution in [1.82, 2.24) is 10.4 Å². The smallest absolute Gasteiger partial charge is 0.312 e. The average molecular weight is 408 g/mol. The van der Waals surface area contributed by atoms with Crippen LogP contribution >= 0.6 is 0 Å². The molecule has 2 atom stereocenters. The number of nitrogens with zero attached hydrogens (tertiary/aromatic N) is 1. The van der Waals surface area contributed by atoms with Crippen LogP contribution in [-0.2, 0) is 14.3 Å². The van der Waals surface area contributed by atoms with E-state index in [1.165, 1.54) is 6.92 Å². The summed E-state index contributed by atoms with van der Waals surface area (Å²) in [5.41, 5.74) is 5.43. The highest BCUT2D eigenvalue weighted by atomic mass is 16.5. The van der Waals surface area contributed by atoms with E-state index >= 15 is 0 Å². The van der Waals surface area contributed by atoms with Crippen molar-refractivity contribution in [3.8, 4) is 0 Å². The molecule has 1 aliphatic rings. The molecule has 0 spiro atoms. The Kier molecular flexibility index (Phi) is 6.30. The number of hydrogen-bond acceptors (Lipinski definition) is 5. The fraction of sp³-hybridized carbons (Fsp3) is 0.304. The summed E-state index contributed by atoms with van der Waals surface area (Å²) in [6, 6.07) is 13.9. The summed E-state index contributed by atoms with van der Waals surface area (Å²) in [5, 5.41) is 1.13. The molecule has 0 saturated carbocycles. The first-order chi connectivity index (χ1) is 14.2. The number of benzene rings is 2. The van der Waals surface area contributed by atoms with Crippen molar-refractivity contribution in [1.29, 1.82) is 0 Å². The molecule has 0 aliphatic carbocycles. The van der Waals surface area contributed by atoms with E-state index in [-0.39, 0.29) is 24.7 Å². The topological polar surface area (TPSA) is 92.8 Å². The van der Waals surface area contributed by atoms with E-state index in [9.17, 15) is 19.2 Å². The zero-order valence-corrected chi connectivity index (χ0v) is 17.2. The molecule has 0 aromatic heterocycles. The summed E-state index contributed by atoms with van der Waals surface area (Å²) >= 11 is 0. The van der Waals surface area contributed by atoms with Crippen molar-refractivity contribution in [2.45, 2.75) is 33.3 Å². The number of nitrogens with one attached hydrogen (secondary N) is 1. The van der Waals surface area contributed by atoms with Crippen LogP contribution in [0.1, 0.15) is 45.2 Å². The Morgan fingerprint density at radius 2 is 1.50 bits per heavy atom. The zero-order valence-electron chi connectivity index (χ0n) is 17.2. The monoisotopic (exact) mass is 408 g/mol. The fourth-order valence-corrected chi connectivity index (χ4v) is 3.14. The lowest BCUT2D eigenvalue weighted by atomic mass is 10.1. The molecular weight excluding hydrogens is 384 g/mol. The number of rotatable bonds is 6. The van der Waals surface area contributed by atoms with Gasteiger partial charge < -0.3 is 4.74 Å². The van der Waals surface area contributed by atoms with Gasteiger partial charge in [-0.05, 0) is 32.9 Å². The normalized spacial score (nSPS) is 16.8. The van der Waals surface area contributed by atoms with Crippen LogP contribution in [0, 0.1) is 19.8 Å². The third-order valence-corrected chi connectivity index (χ3v) is 5.01. The lowest BCUT2D eigenvalue weighted by Crippen LogP contribution is -2.43. The van der Waals surface area contributed by atoms with Gasteiger partial charge in [0.2, 0.25) is 11.7 Å². The average Bonchev–Trinajstić information content (AvgIpc) is 3.09. The van der Waals surface area contributed by atoms with E-state index in [1.54, 1.807) is 36.4 Å². The van der Waals surface area contributed by atoms with Gasteiger partial charge >= 0.3 is 5.97 Å². The molecule has 2 amide bonds. The van der Waals surface area contributed by atoms with Crippen molar-refractivity contribution in [2.24, 2.45) is 5.92 Å². The molecule has 156 valence electrons. The van der Waals surface area contributed by atoms with Gasteiger partial charge in [0.1, 0.15) is 0 Å². The third kappa shape index (κ3) is 4.92. The highest BCUT2D eigenvalue weighted by Crippen LogP contribution is 2.19. The van der Waals surface area contributed by atoms with E-state index in [2.05, 4.69) is 5.43 Å². The maximum absolute atomic E-state index is 12.5. The summed E-state index contributed by atoms with van der Waals surface area (Å²) in [4.78, 5) is 49.4. The maximum Gasteiger partial charge on any atom is 0.312 e. The molecule has 0 radical (unpaired) electrons. The van der Waals surface area contributed by atoms with Crippen LogP contribution in [0.3, 0.4) is 0 Å². The molecule has 3 rings (SSSR count). The quantitative estimate of drug-likeness (QED) is 0.586. The molecular formula is C23H24N2O5. The van der Waals surface area contributed by atoms with E-state index in [0.717, 1.165) is 16.1 Å². The van der Waals surface area contributed by atoms with Crippen LogP contribution in [-0.4, -0.2) is 41.2 Å². The predicted molar refractivity (Wildman–Crippen MR) is 110 cm³/mol. The Morgan fingerprint density at radius 1 is 0.967 bits per heavy atom. The number of amides is 2. The first kappa shape index (κ1) is 21.2. The van der Waals surface area contributed by atoms with E-state index in [4.69, 9.17) is 4.74 Å². The second kappa shape index (κ2) is 8.90. The minimum absolute atomic E-state index is 0.000705. The van der Waals surface area contributed by atoms with Crippen LogP contribution in [0.4, 0.5) is 0 Å². The van der Waals surface area contributed by atoms with Gasteiger partial charge in [0, 0.05) is 17.5 Å². The molecule has 1 fully saturated rings. The number of carbonyl (C=O) groups is 4. The molecule has 2 unspecified atom stereocenters. The SMILES string of the molecule is Cc1ccc(C(=O)NN2CC(C(=O)OC(C)C(=O)c3ccc(C)cc3)CC2=O)cc1. The number of ether oxygens (including phenoxy) is 1. The van der Waals surface area contributed by atoms with Crippen LogP contribution in [0.5, 0.6) is 0 Å². The number of esters is 1. The predicted octanol–water partition coefficient (Wildman–Crippen LogP) is 2.61. The van der Waals surface area contributed by atoms with E-state index < -0.39 is 23.9 Å². The number of aryl methyl sites for hydroxylation is 2. The molecule has 1 aliphatic heterocycles. The van der Waals surface area contributed by atoms with Crippen molar-refractivity contribution >= 4 is 23.6 Å². The van der Waals surface area contributed by atoms with Crippen molar-refractivity contribution in [3.63, 3.8) is 0 Å². The first-order valence-electron chi connectivity index (χ1n) is 9.74. The van der Waals surface area contributed by atoms with Gasteiger partial charge in [-0.25, -0.2) is 0 Å². The van der Waals surface area contributed by atoms with Gasteiger partial charge in [0.25, 0.3) is 5.91 Å². The summed E-state index contributed by atoms with van der Waals surface area (Å²) in [5.74, 6) is -2.50. The standard InChI is InChI=1S/C23H24N2O5/c1-14-4-8-17(9-5-14)21(27)16(3)30-23(29)19-12-20(26)25(13-19)24-22(28)18-10-6-15(2)7-11-18/h4-11,16,19H,12-13H2,1-3H3,(H,24,28). The van der Waals surface area contributed by atoms with Gasteiger partial charge in [-0.3, -0.25) is 29.6 Å². The number of carbonyl (C=O) groups excluding carboxylic acids is 4. The Balaban J connectivity index is 1.56. The minimum Gasteiger partial charge on any atom is -0.454 e. The molecule has 7 nitrogen and oxygen atoms in total. The first-order valence-corrected chi connectivity index (χ1v) is 9.74. The van der Waals surface area contributed by atoms with Crippen LogP contribution < -0.4 is 5.43 Å².